The van der Waals surface area contributed by atoms with Gasteiger partial charge in [0.05, 0.1) is 24.4 Å². The quantitative estimate of drug-likeness (QED) is 0.584. The zero-order chi connectivity index (χ0) is 23.7. The summed E-state index contributed by atoms with van der Waals surface area (Å²) in [5.41, 5.74) is 1.54. The smallest absolute Gasteiger partial charge is 0.298 e. The maximum absolute atomic E-state index is 12.9. The normalized spacial score (nSPS) is 17.2. The van der Waals surface area contributed by atoms with Crippen LogP contribution in [0.25, 0.3) is 10.9 Å². The lowest BCUT2D eigenvalue weighted by atomic mass is 10.1. The minimum atomic E-state index is -0.388. The van der Waals surface area contributed by atoms with E-state index in [1.165, 1.54) is 6.26 Å². The SMILES string of the molecule is COc1cc2nn(C3CCNCC3)cc2cc1NC(=O)c1coc(N2CCN(C(C)=O)CC2)n1. The van der Waals surface area contributed by atoms with Crippen LogP contribution in [0.15, 0.2) is 29.0 Å². The number of nitrogens with one attached hydrogen (secondary N) is 2. The number of nitrogens with zero attached hydrogens (tertiary/aromatic N) is 5. The van der Waals surface area contributed by atoms with Crippen LogP contribution in [-0.2, 0) is 4.79 Å². The molecule has 1 aromatic carbocycles. The van der Waals surface area contributed by atoms with Crippen LogP contribution in [0.3, 0.4) is 0 Å². The highest BCUT2D eigenvalue weighted by Crippen LogP contribution is 2.31. The Balaban J connectivity index is 1.30. The summed E-state index contributed by atoms with van der Waals surface area (Å²) < 4.78 is 13.1. The molecule has 180 valence electrons. The monoisotopic (exact) mass is 467 g/mol. The van der Waals surface area contributed by atoms with E-state index in [1.54, 1.807) is 18.9 Å². The van der Waals surface area contributed by atoms with E-state index in [0.717, 1.165) is 36.8 Å². The van der Waals surface area contributed by atoms with Crippen molar-refractivity contribution in [2.45, 2.75) is 25.8 Å². The van der Waals surface area contributed by atoms with Crippen molar-refractivity contribution < 1.29 is 18.7 Å². The Bertz CT molecular complexity index is 1190. The lowest BCUT2D eigenvalue weighted by Gasteiger charge is -2.33. The summed E-state index contributed by atoms with van der Waals surface area (Å²) in [7, 11) is 1.56. The van der Waals surface area contributed by atoms with Crippen LogP contribution in [0.1, 0.15) is 36.3 Å². The lowest BCUT2D eigenvalue weighted by molar-refractivity contribution is -0.129. The second kappa shape index (κ2) is 9.34. The van der Waals surface area contributed by atoms with Gasteiger partial charge in [0, 0.05) is 50.8 Å². The van der Waals surface area contributed by atoms with E-state index in [4.69, 9.17) is 14.3 Å². The van der Waals surface area contributed by atoms with Crippen LogP contribution in [0, 0.1) is 0 Å². The van der Waals surface area contributed by atoms with Gasteiger partial charge in [0.15, 0.2) is 5.69 Å². The highest BCUT2D eigenvalue weighted by molar-refractivity contribution is 6.05. The van der Waals surface area contributed by atoms with E-state index < -0.39 is 0 Å². The molecular weight excluding hydrogens is 438 g/mol. The number of oxazole rings is 1. The van der Waals surface area contributed by atoms with Crippen molar-refractivity contribution in [3.63, 3.8) is 0 Å². The number of carbonyl (C=O) groups is 2. The van der Waals surface area contributed by atoms with Gasteiger partial charge in [-0.05, 0) is 32.0 Å². The Hall–Kier alpha value is -3.60. The highest BCUT2D eigenvalue weighted by atomic mass is 16.5. The molecule has 5 rings (SSSR count). The Kier molecular flexibility index (Phi) is 6.10. The molecule has 2 aliphatic heterocycles. The van der Waals surface area contributed by atoms with E-state index >= 15 is 0 Å². The molecule has 0 bridgehead atoms. The van der Waals surface area contributed by atoms with E-state index in [-0.39, 0.29) is 17.5 Å². The summed E-state index contributed by atoms with van der Waals surface area (Å²) in [5, 5.41) is 11.9. The van der Waals surface area contributed by atoms with Gasteiger partial charge in [-0.3, -0.25) is 14.3 Å². The minimum absolute atomic E-state index is 0.0549. The van der Waals surface area contributed by atoms with Crippen molar-refractivity contribution in [2.24, 2.45) is 0 Å². The molecule has 0 unspecified atom stereocenters. The first-order chi connectivity index (χ1) is 16.5. The molecular formula is C23H29N7O4. The fourth-order valence-electron chi connectivity index (χ4n) is 4.51. The largest absolute Gasteiger partial charge is 0.494 e. The fourth-order valence-corrected chi connectivity index (χ4v) is 4.51. The average molecular weight is 468 g/mol. The first-order valence-corrected chi connectivity index (χ1v) is 11.6. The number of carbonyl (C=O) groups excluding carboxylic acids is 2. The average Bonchev–Trinajstić information content (AvgIpc) is 3.51. The van der Waals surface area contributed by atoms with Gasteiger partial charge in [0.2, 0.25) is 5.91 Å². The summed E-state index contributed by atoms with van der Waals surface area (Å²) in [4.78, 5) is 32.5. The summed E-state index contributed by atoms with van der Waals surface area (Å²) in [5.74, 6) is 0.195. The molecule has 0 saturated carbocycles. The number of methoxy groups -OCH3 is 1. The van der Waals surface area contributed by atoms with Gasteiger partial charge in [-0.15, -0.1) is 0 Å². The van der Waals surface area contributed by atoms with Crippen LogP contribution in [0.2, 0.25) is 0 Å². The number of piperidine rings is 1. The third-order valence-electron chi connectivity index (χ3n) is 6.49. The van der Waals surface area contributed by atoms with Gasteiger partial charge >= 0.3 is 0 Å². The van der Waals surface area contributed by atoms with Crippen LogP contribution >= 0.6 is 0 Å². The van der Waals surface area contributed by atoms with Gasteiger partial charge in [-0.2, -0.15) is 10.1 Å². The number of ether oxygens (including phenoxy) is 1. The number of benzene rings is 1. The molecule has 11 nitrogen and oxygen atoms in total. The van der Waals surface area contributed by atoms with E-state index in [0.29, 0.717) is 49.7 Å². The minimum Gasteiger partial charge on any atom is -0.494 e. The number of hydrogen-bond acceptors (Lipinski definition) is 8. The third kappa shape index (κ3) is 4.43. The summed E-state index contributed by atoms with van der Waals surface area (Å²) in [6.45, 7) is 5.94. The summed E-state index contributed by atoms with van der Waals surface area (Å²) in [6.07, 6.45) is 5.44. The first kappa shape index (κ1) is 22.2. The van der Waals surface area contributed by atoms with Gasteiger partial charge in [0.25, 0.3) is 11.9 Å². The molecule has 11 heteroatoms. The zero-order valence-corrected chi connectivity index (χ0v) is 19.4. The van der Waals surface area contributed by atoms with E-state index in [9.17, 15) is 9.59 Å². The summed E-state index contributed by atoms with van der Waals surface area (Å²) >= 11 is 0. The molecule has 0 spiro atoms. The number of rotatable bonds is 5. The number of aromatic nitrogens is 3. The number of fused-ring (bicyclic) bond motifs is 1. The van der Waals surface area contributed by atoms with Crippen LogP contribution < -0.4 is 20.3 Å². The predicted octanol–water partition coefficient (Wildman–Crippen LogP) is 1.88. The molecule has 0 radical (unpaired) electrons. The number of hydrogen-bond donors (Lipinski definition) is 2. The molecule has 2 fully saturated rings. The van der Waals surface area contributed by atoms with Crippen LogP contribution in [0.5, 0.6) is 5.75 Å². The third-order valence-corrected chi connectivity index (χ3v) is 6.49. The van der Waals surface area contributed by atoms with Gasteiger partial charge in [0.1, 0.15) is 12.0 Å². The molecule has 0 atom stereocenters. The molecule has 2 saturated heterocycles. The van der Waals surface area contributed by atoms with Gasteiger partial charge < -0.3 is 29.6 Å². The topological polar surface area (TPSA) is 118 Å². The first-order valence-electron chi connectivity index (χ1n) is 11.6. The second-order valence-corrected chi connectivity index (χ2v) is 8.66. The molecule has 4 heterocycles. The van der Waals surface area contributed by atoms with Gasteiger partial charge in [-0.1, -0.05) is 0 Å². The Morgan fingerprint density at radius 2 is 1.94 bits per heavy atom. The maximum Gasteiger partial charge on any atom is 0.298 e. The van der Waals surface area contributed by atoms with E-state index in [1.807, 2.05) is 27.9 Å². The van der Waals surface area contributed by atoms with Gasteiger partial charge in [-0.25, -0.2) is 0 Å². The number of amides is 2. The van der Waals surface area contributed by atoms with Crippen molar-refractivity contribution in [1.82, 2.24) is 25.0 Å². The molecule has 0 aliphatic carbocycles. The molecule has 2 aliphatic rings. The number of anilines is 2. The Labute approximate surface area is 197 Å². The van der Waals surface area contributed by atoms with Crippen molar-refractivity contribution in [1.29, 1.82) is 0 Å². The second-order valence-electron chi connectivity index (χ2n) is 8.66. The summed E-state index contributed by atoms with van der Waals surface area (Å²) in [6, 6.07) is 4.45. The van der Waals surface area contributed by atoms with Crippen molar-refractivity contribution in [3.8, 4) is 5.75 Å². The zero-order valence-electron chi connectivity index (χ0n) is 19.4. The number of piperazine rings is 1. The maximum atomic E-state index is 12.9. The fraction of sp³-hybridized carbons (Fsp3) is 0.478. The lowest BCUT2D eigenvalue weighted by Crippen LogP contribution is -2.48. The highest BCUT2D eigenvalue weighted by Gasteiger charge is 2.24. The molecule has 3 aromatic rings. The predicted molar refractivity (Wildman–Crippen MR) is 126 cm³/mol. The Morgan fingerprint density at radius 3 is 2.65 bits per heavy atom. The van der Waals surface area contributed by atoms with E-state index in [2.05, 4.69) is 15.6 Å². The molecule has 34 heavy (non-hydrogen) atoms. The van der Waals surface area contributed by atoms with Crippen LogP contribution in [-0.4, -0.2) is 77.9 Å². The molecule has 2 amide bonds. The standard InChI is InChI=1S/C23H29N7O4/c1-15(31)28-7-9-29(10-8-28)23-26-20(14-34-23)22(32)25-19-11-16-13-30(17-3-5-24-6-4-17)27-18(16)12-21(19)33-2/h11-14,17,24H,3-10H2,1-2H3,(H,25,32). The molecule has 2 N–H and O–H groups in total. The van der Waals surface area contributed by atoms with Crippen molar-refractivity contribution >= 4 is 34.4 Å². The van der Waals surface area contributed by atoms with Crippen molar-refractivity contribution in [2.75, 3.05) is 56.6 Å². The van der Waals surface area contributed by atoms with Crippen LogP contribution in [0.4, 0.5) is 11.7 Å². The van der Waals surface area contributed by atoms with Crippen molar-refractivity contribution in [3.05, 3.63) is 30.3 Å². The Morgan fingerprint density at radius 1 is 1.18 bits per heavy atom. The molecule has 2 aromatic heterocycles.